The molecule has 2 heterocycles. The first-order valence-corrected chi connectivity index (χ1v) is 8.38. The number of carbonyl (C=O) groups excluding carboxylic acids is 1. The van der Waals surface area contributed by atoms with Crippen LogP contribution in [0, 0.1) is 6.92 Å². The van der Waals surface area contributed by atoms with Gasteiger partial charge in [-0.25, -0.2) is 4.98 Å². The molecule has 0 bridgehead atoms. The summed E-state index contributed by atoms with van der Waals surface area (Å²) in [6.45, 7) is 6.86. The zero-order valence-electron chi connectivity index (χ0n) is 14.1. The van der Waals surface area contributed by atoms with E-state index < -0.39 is 0 Å². The number of aryl methyl sites for hydroxylation is 1. The van der Waals surface area contributed by atoms with Crippen LogP contribution in [0.4, 0.5) is 0 Å². The molecule has 0 aliphatic carbocycles. The van der Waals surface area contributed by atoms with E-state index in [0.29, 0.717) is 32.8 Å². The van der Waals surface area contributed by atoms with Crippen molar-refractivity contribution >= 4 is 5.91 Å². The van der Waals surface area contributed by atoms with Gasteiger partial charge in [0.1, 0.15) is 5.82 Å². The molecular weight excluding hydrogens is 304 g/mol. The van der Waals surface area contributed by atoms with Crippen LogP contribution in [-0.2, 0) is 16.1 Å². The molecule has 6 nitrogen and oxygen atoms in total. The summed E-state index contributed by atoms with van der Waals surface area (Å²) in [6, 6.07) is 10.1. The number of benzene rings is 1. The third-order valence-corrected chi connectivity index (χ3v) is 4.22. The van der Waals surface area contributed by atoms with Crippen LogP contribution in [-0.4, -0.2) is 59.8 Å². The van der Waals surface area contributed by atoms with Gasteiger partial charge in [-0.05, 0) is 6.92 Å². The molecule has 0 unspecified atom stereocenters. The van der Waals surface area contributed by atoms with Crippen LogP contribution in [0.15, 0.2) is 36.5 Å². The smallest absolute Gasteiger partial charge is 0.234 e. The van der Waals surface area contributed by atoms with E-state index in [9.17, 15) is 4.79 Å². The Morgan fingerprint density at radius 1 is 1.25 bits per heavy atom. The van der Waals surface area contributed by atoms with Gasteiger partial charge >= 0.3 is 0 Å². The van der Waals surface area contributed by atoms with Crippen molar-refractivity contribution < 1.29 is 9.53 Å². The lowest BCUT2D eigenvalue weighted by Gasteiger charge is -2.25. The summed E-state index contributed by atoms with van der Waals surface area (Å²) >= 11 is 0. The summed E-state index contributed by atoms with van der Waals surface area (Å²) in [5.74, 6) is 1.01. The van der Waals surface area contributed by atoms with Gasteiger partial charge in [0, 0.05) is 43.6 Å². The maximum absolute atomic E-state index is 12.1. The molecule has 1 aliphatic rings. The maximum Gasteiger partial charge on any atom is 0.234 e. The first-order chi connectivity index (χ1) is 11.7. The fourth-order valence-electron chi connectivity index (χ4n) is 2.89. The average Bonchev–Trinajstić information content (AvgIpc) is 2.97. The molecule has 0 saturated carbocycles. The molecule has 1 saturated heterocycles. The van der Waals surface area contributed by atoms with Crippen LogP contribution in [0.5, 0.6) is 0 Å². The van der Waals surface area contributed by atoms with Gasteiger partial charge in [-0.3, -0.25) is 9.69 Å². The molecule has 1 fully saturated rings. The van der Waals surface area contributed by atoms with Crippen LogP contribution in [0.2, 0.25) is 0 Å². The normalized spacial score (nSPS) is 15.4. The zero-order chi connectivity index (χ0) is 16.8. The number of amides is 1. The number of morpholine rings is 1. The lowest BCUT2D eigenvalue weighted by atomic mass is 10.2. The fraction of sp³-hybridized carbons (Fsp3) is 0.444. The Morgan fingerprint density at radius 2 is 2.00 bits per heavy atom. The van der Waals surface area contributed by atoms with E-state index in [1.807, 2.05) is 31.3 Å². The quantitative estimate of drug-likeness (QED) is 0.868. The second-order valence-electron chi connectivity index (χ2n) is 5.98. The van der Waals surface area contributed by atoms with Gasteiger partial charge in [0.2, 0.25) is 5.91 Å². The van der Waals surface area contributed by atoms with Crippen molar-refractivity contribution in [1.29, 1.82) is 0 Å². The Labute approximate surface area is 142 Å². The molecule has 1 amide bonds. The third kappa shape index (κ3) is 4.21. The first-order valence-electron chi connectivity index (χ1n) is 8.38. The number of ether oxygens (including phenoxy) is 1. The summed E-state index contributed by atoms with van der Waals surface area (Å²) in [6.07, 6.45) is 1.87. The second-order valence-corrected chi connectivity index (χ2v) is 5.98. The van der Waals surface area contributed by atoms with E-state index in [4.69, 9.17) is 4.74 Å². The largest absolute Gasteiger partial charge is 0.379 e. The number of hydrogen-bond donors (Lipinski definition) is 1. The van der Waals surface area contributed by atoms with Gasteiger partial charge in [0.15, 0.2) is 0 Å². The van der Waals surface area contributed by atoms with Crippen molar-refractivity contribution in [2.24, 2.45) is 0 Å². The number of nitrogens with zero attached hydrogens (tertiary/aromatic N) is 3. The molecule has 24 heavy (non-hydrogen) atoms. The van der Waals surface area contributed by atoms with Crippen molar-refractivity contribution in [3.8, 4) is 11.4 Å². The van der Waals surface area contributed by atoms with Gasteiger partial charge in [-0.2, -0.15) is 0 Å². The summed E-state index contributed by atoms with van der Waals surface area (Å²) in [7, 11) is 0. The Bertz CT molecular complexity index is 663. The summed E-state index contributed by atoms with van der Waals surface area (Å²) < 4.78 is 7.44. The first kappa shape index (κ1) is 16.7. The number of carbonyl (C=O) groups is 1. The zero-order valence-corrected chi connectivity index (χ0v) is 14.1. The minimum atomic E-state index is 0.0657. The highest BCUT2D eigenvalue weighted by Crippen LogP contribution is 2.18. The van der Waals surface area contributed by atoms with E-state index >= 15 is 0 Å². The highest BCUT2D eigenvalue weighted by atomic mass is 16.5. The second kappa shape index (κ2) is 8.08. The summed E-state index contributed by atoms with van der Waals surface area (Å²) in [5, 5.41) is 3.00. The minimum absolute atomic E-state index is 0.0657. The van der Waals surface area contributed by atoms with Crippen LogP contribution in [0.3, 0.4) is 0 Å². The predicted molar refractivity (Wildman–Crippen MR) is 92.7 cm³/mol. The number of rotatable bonds is 6. The van der Waals surface area contributed by atoms with Crippen molar-refractivity contribution in [1.82, 2.24) is 19.8 Å². The van der Waals surface area contributed by atoms with E-state index in [1.165, 1.54) is 0 Å². The van der Waals surface area contributed by atoms with Crippen LogP contribution in [0.25, 0.3) is 11.4 Å². The van der Waals surface area contributed by atoms with Crippen molar-refractivity contribution in [3.05, 3.63) is 42.2 Å². The van der Waals surface area contributed by atoms with Gasteiger partial charge in [-0.1, -0.05) is 30.3 Å². The topological polar surface area (TPSA) is 59.4 Å². The van der Waals surface area contributed by atoms with Crippen molar-refractivity contribution in [2.75, 3.05) is 39.4 Å². The molecule has 1 aromatic carbocycles. The van der Waals surface area contributed by atoms with Crippen LogP contribution < -0.4 is 5.32 Å². The number of imidazole rings is 1. The molecule has 1 aliphatic heterocycles. The standard InChI is InChI=1S/C18H24N4O2/c1-15-13-20-18(16-5-3-2-4-6-16)22(15)8-7-19-17(23)14-21-9-11-24-12-10-21/h2-6,13H,7-12,14H2,1H3,(H,19,23). The predicted octanol–water partition coefficient (Wildman–Crippen LogP) is 1.31. The van der Waals surface area contributed by atoms with E-state index in [2.05, 4.69) is 31.9 Å². The van der Waals surface area contributed by atoms with E-state index in [0.717, 1.165) is 30.2 Å². The number of nitrogens with one attached hydrogen (secondary N) is 1. The molecule has 0 radical (unpaired) electrons. The van der Waals surface area contributed by atoms with Crippen molar-refractivity contribution in [3.63, 3.8) is 0 Å². The third-order valence-electron chi connectivity index (χ3n) is 4.22. The monoisotopic (exact) mass is 328 g/mol. The lowest BCUT2D eigenvalue weighted by Crippen LogP contribution is -2.43. The average molecular weight is 328 g/mol. The summed E-state index contributed by atoms with van der Waals surface area (Å²) in [5.41, 5.74) is 2.18. The molecule has 0 spiro atoms. The molecular formula is C18H24N4O2. The Balaban J connectivity index is 1.53. The fourth-order valence-corrected chi connectivity index (χ4v) is 2.89. The summed E-state index contributed by atoms with van der Waals surface area (Å²) in [4.78, 5) is 18.7. The van der Waals surface area contributed by atoms with Gasteiger partial charge in [0.25, 0.3) is 0 Å². The van der Waals surface area contributed by atoms with Crippen LogP contribution >= 0.6 is 0 Å². The van der Waals surface area contributed by atoms with Gasteiger partial charge in [-0.15, -0.1) is 0 Å². The molecule has 6 heteroatoms. The van der Waals surface area contributed by atoms with E-state index in [-0.39, 0.29) is 5.91 Å². The van der Waals surface area contributed by atoms with Gasteiger partial charge in [0.05, 0.1) is 19.8 Å². The minimum Gasteiger partial charge on any atom is -0.379 e. The number of hydrogen-bond acceptors (Lipinski definition) is 4. The SMILES string of the molecule is Cc1cnc(-c2ccccc2)n1CCNC(=O)CN1CCOCC1. The number of aromatic nitrogens is 2. The highest BCUT2D eigenvalue weighted by Gasteiger charge is 2.14. The molecule has 3 rings (SSSR count). The molecule has 1 aromatic heterocycles. The Hall–Kier alpha value is -2.18. The molecule has 2 aromatic rings. The Kier molecular flexibility index (Phi) is 5.61. The van der Waals surface area contributed by atoms with E-state index in [1.54, 1.807) is 0 Å². The maximum atomic E-state index is 12.1. The molecule has 0 atom stereocenters. The van der Waals surface area contributed by atoms with Crippen molar-refractivity contribution in [2.45, 2.75) is 13.5 Å². The highest BCUT2D eigenvalue weighted by molar-refractivity contribution is 5.78. The Morgan fingerprint density at radius 3 is 2.75 bits per heavy atom. The molecule has 128 valence electrons. The molecule has 1 N–H and O–H groups in total. The van der Waals surface area contributed by atoms with Crippen LogP contribution in [0.1, 0.15) is 5.69 Å². The lowest BCUT2D eigenvalue weighted by molar-refractivity contribution is -0.123. The van der Waals surface area contributed by atoms with Gasteiger partial charge < -0.3 is 14.6 Å².